The van der Waals surface area contributed by atoms with Crippen LogP contribution in [0.25, 0.3) is 10.9 Å². The molecule has 1 amide bonds. The Labute approximate surface area is 189 Å². The Balaban J connectivity index is 1.48. The highest BCUT2D eigenvalue weighted by molar-refractivity contribution is 5.99. The zero-order valence-corrected chi connectivity index (χ0v) is 18.3. The second-order valence-electron chi connectivity index (χ2n) is 9.19. The number of benzene rings is 1. The van der Waals surface area contributed by atoms with Gasteiger partial charge >= 0.3 is 0 Å². The maximum absolute atomic E-state index is 14.8. The van der Waals surface area contributed by atoms with Crippen LogP contribution in [0, 0.1) is 17.7 Å². The molecule has 0 saturated heterocycles. The number of hydrogen-bond acceptors (Lipinski definition) is 6. The van der Waals surface area contributed by atoms with Crippen molar-refractivity contribution in [2.75, 3.05) is 10.6 Å². The Morgan fingerprint density at radius 1 is 1.21 bits per heavy atom. The van der Waals surface area contributed by atoms with Gasteiger partial charge in [-0.2, -0.15) is 4.39 Å². The minimum atomic E-state index is -0.813. The summed E-state index contributed by atoms with van der Waals surface area (Å²) in [5, 5.41) is 10.6. The molecule has 10 heteroatoms. The zero-order valence-electron chi connectivity index (χ0n) is 18.3. The van der Waals surface area contributed by atoms with E-state index in [-0.39, 0.29) is 35.3 Å². The van der Waals surface area contributed by atoms with E-state index in [1.54, 1.807) is 22.9 Å². The van der Waals surface area contributed by atoms with E-state index in [9.17, 15) is 13.6 Å². The Bertz CT molecular complexity index is 1220. The Kier molecular flexibility index (Phi) is 5.40. The second kappa shape index (κ2) is 8.26. The Morgan fingerprint density at radius 3 is 2.61 bits per heavy atom. The van der Waals surface area contributed by atoms with Gasteiger partial charge in [-0.25, -0.2) is 9.37 Å². The van der Waals surface area contributed by atoms with Crippen molar-refractivity contribution in [3.63, 3.8) is 0 Å². The van der Waals surface area contributed by atoms with Crippen molar-refractivity contribution in [3.8, 4) is 0 Å². The predicted octanol–water partition coefficient (Wildman–Crippen LogP) is 3.81. The van der Waals surface area contributed by atoms with Crippen LogP contribution < -0.4 is 22.1 Å². The zero-order chi connectivity index (χ0) is 23.3. The second-order valence-corrected chi connectivity index (χ2v) is 9.19. The first-order valence-electron chi connectivity index (χ1n) is 11.3. The van der Waals surface area contributed by atoms with Crippen LogP contribution in [-0.4, -0.2) is 32.8 Å². The number of rotatable bonds is 9. The van der Waals surface area contributed by atoms with Crippen LogP contribution in [0.15, 0.2) is 24.3 Å². The SMILES string of the molecule is C[C@H](N)[C@@H](CC1CC1)Nc1nc(Nc2ccc3c(F)nn(C4CC4)c3c2)c(C(N)=O)cc1F. The summed E-state index contributed by atoms with van der Waals surface area (Å²) in [7, 11) is 0. The van der Waals surface area contributed by atoms with E-state index < -0.39 is 17.7 Å². The monoisotopic (exact) mass is 455 g/mol. The summed E-state index contributed by atoms with van der Waals surface area (Å²) in [4.78, 5) is 16.3. The van der Waals surface area contributed by atoms with E-state index in [0.717, 1.165) is 38.2 Å². The van der Waals surface area contributed by atoms with Gasteiger partial charge in [0.15, 0.2) is 11.6 Å². The molecule has 1 aromatic carbocycles. The molecule has 2 aliphatic carbocycles. The number of halogens is 2. The highest BCUT2D eigenvalue weighted by atomic mass is 19.1. The fourth-order valence-corrected chi connectivity index (χ4v) is 4.08. The quantitative estimate of drug-likeness (QED) is 0.389. The number of pyridine rings is 1. The molecule has 33 heavy (non-hydrogen) atoms. The molecule has 2 atom stereocenters. The molecule has 2 aliphatic rings. The number of nitrogens with two attached hydrogens (primary N) is 2. The molecule has 5 rings (SSSR count). The van der Waals surface area contributed by atoms with E-state index in [1.807, 2.05) is 6.92 Å². The molecule has 0 radical (unpaired) electrons. The first-order valence-corrected chi connectivity index (χ1v) is 11.3. The lowest BCUT2D eigenvalue weighted by molar-refractivity contribution is 0.100. The summed E-state index contributed by atoms with van der Waals surface area (Å²) in [6, 6.07) is 5.91. The van der Waals surface area contributed by atoms with Crippen LogP contribution in [0.3, 0.4) is 0 Å². The Hall–Kier alpha value is -3.27. The molecular weight excluding hydrogens is 428 g/mol. The average molecular weight is 456 g/mol. The number of carbonyl (C=O) groups excluding carboxylic acids is 1. The standard InChI is InChI=1S/C23H27F2N7O/c1-11(26)18(8-12-2-3-12)29-23-17(24)10-16(21(27)33)22(30-23)28-13-4-7-15-19(9-13)32(14-5-6-14)31-20(15)25/h4,7,9-12,14,18H,2-3,5-6,8,26H2,1H3,(H2,27,33)(H2,28,29,30)/t11-,18+/m0/s1. The van der Waals surface area contributed by atoms with Gasteiger partial charge < -0.3 is 22.1 Å². The molecule has 0 spiro atoms. The number of hydrogen-bond donors (Lipinski definition) is 4. The maximum Gasteiger partial charge on any atom is 0.252 e. The van der Waals surface area contributed by atoms with Crippen LogP contribution in [0.1, 0.15) is 55.4 Å². The first kappa shape index (κ1) is 21.6. The van der Waals surface area contributed by atoms with Gasteiger partial charge in [0.25, 0.3) is 5.91 Å². The number of anilines is 3. The molecule has 2 fully saturated rings. The summed E-state index contributed by atoms with van der Waals surface area (Å²) >= 11 is 0. The summed E-state index contributed by atoms with van der Waals surface area (Å²) < 4.78 is 30.7. The van der Waals surface area contributed by atoms with Crippen molar-refractivity contribution >= 4 is 34.1 Å². The molecule has 0 aliphatic heterocycles. The van der Waals surface area contributed by atoms with Crippen molar-refractivity contribution < 1.29 is 13.6 Å². The molecule has 174 valence electrons. The number of nitrogens with zero attached hydrogens (tertiary/aromatic N) is 3. The van der Waals surface area contributed by atoms with E-state index in [4.69, 9.17) is 11.5 Å². The predicted molar refractivity (Wildman–Crippen MR) is 122 cm³/mol. The molecule has 8 nitrogen and oxygen atoms in total. The van der Waals surface area contributed by atoms with E-state index in [0.29, 0.717) is 22.5 Å². The summed E-state index contributed by atoms with van der Waals surface area (Å²) in [6.07, 6.45) is 5.03. The lowest BCUT2D eigenvalue weighted by atomic mass is 10.0. The molecule has 6 N–H and O–H groups in total. The topological polar surface area (TPSA) is 124 Å². The number of carbonyl (C=O) groups is 1. The molecule has 3 aromatic rings. The van der Waals surface area contributed by atoms with E-state index >= 15 is 0 Å². The highest BCUT2D eigenvalue weighted by Gasteiger charge is 2.29. The van der Waals surface area contributed by atoms with Crippen LogP contribution >= 0.6 is 0 Å². The van der Waals surface area contributed by atoms with Crippen molar-refractivity contribution in [3.05, 3.63) is 41.6 Å². The normalized spacial score (nSPS) is 17.7. The molecule has 0 bridgehead atoms. The number of nitrogens with one attached hydrogen (secondary N) is 2. The highest BCUT2D eigenvalue weighted by Crippen LogP contribution is 2.38. The van der Waals surface area contributed by atoms with Crippen LogP contribution in [0.2, 0.25) is 0 Å². The molecule has 2 aromatic heterocycles. The van der Waals surface area contributed by atoms with Gasteiger partial charge in [-0.3, -0.25) is 9.48 Å². The van der Waals surface area contributed by atoms with E-state index in [1.165, 1.54) is 0 Å². The molecular formula is C23H27F2N7O. The largest absolute Gasteiger partial charge is 0.365 e. The van der Waals surface area contributed by atoms with Gasteiger partial charge in [0, 0.05) is 17.8 Å². The van der Waals surface area contributed by atoms with Gasteiger partial charge in [0.1, 0.15) is 5.82 Å². The lowest BCUT2D eigenvalue weighted by Crippen LogP contribution is -2.39. The minimum absolute atomic E-state index is 0.000551. The van der Waals surface area contributed by atoms with Crippen molar-refractivity contribution in [2.45, 2.75) is 57.2 Å². The molecule has 2 saturated carbocycles. The van der Waals surface area contributed by atoms with Gasteiger partial charge in [0.2, 0.25) is 5.95 Å². The van der Waals surface area contributed by atoms with E-state index in [2.05, 4.69) is 20.7 Å². The van der Waals surface area contributed by atoms with Gasteiger partial charge in [-0.15, -0.1) is 5.10 Å². The third kappa shape index (κ3) is 4.47. The van der Waals surface area contributed by atoms with Gasteiger partial charge in [-0.05, 0) is 56.4 Å². The smallest absolute Gasteiger partial charge is 0.252 e. The van der Waals surface area contributed by atoms with Crippen molar-refractivity contribution in [1.29, 1.82) is 0 Å². The van der Waals surface area contributed by atoms with Crippen LogP contribution in [0.4, 0.5) is 26.1 Å². The third-order valence-electron chi connectivity index (χ3n) is 6.30. The summed E-state index contributed by atoms with van der Waals surface area (Å²) in [5.41, 5.74) is 12.7. The minimum Gasteiger partial charge on any atom is -0.365 e. The lowest BCUT2D eigenvalue weighted by Gasteiger charge is -2.24. The fourth-order valence-electron chi connectivity index (χ4n) is 4.08. The average Bonchev–Trinajstić information content (AvgIpc) is 3.69. The van der Waals surface area contributed by atoms with Crippen molar-refractivity contribution in [1.82, 2.24) is 14.8 Å². The number of amides is 1. The van der Waals surface area contributed by atoms with Crippen LogP contribution in [0.5, 0.6) is 0 Å². The number of aromatic nitrogens is 3. The molecule has 0 unspecified atom stereocenters. The van der Waals surface area contributed by atoms with Crippen molar-refractivity contribution in [2.24, 2.45) is 17.4 Å². The Morgan fingerprint density at radius 2 is 1.97 bits per heavy atom. The van der Waals surface area contributed by atoms with Gasteiger partial charge in [0.05, 0.1) is 22.5 Å². The fraction of sp³-hybridized carbons (Fsp3) is 0.435. The maximum atomic E-state index is 14.8. The number of fused-ring (bicyclic) bond motifs is 1. The van der Waals surface area contributed by atoms with Crippen LogP contribution in [-0.2, 0) is 0 Å². The summed E-state index contributed by atoms with van der Waals surface area (Å²) in [5.74, 6) is -1.32. The molecule has 2 heterocycles. The number of primary amides is 1. The third-order valence-corrected chi connectivity index (χ3v) is 6.30. The first-order chi connectivity index (χ1) is 15.8. The summed E-state index contributed by atoms with van der Waals surface area (Å²) in [6.45, 7) is 1.87. The van der Waals surface area contributed by atoms with Gasteiger partial charge in [-0.1, -0.05) is 12.8 Å².